The van der Waals surface area contributed by atoms with Gasteiger partial charge in [-0.15, -0.1) is 0 Å². The van der Waals surface area contributed by atoms with Crippen molar-refractivity contribution in [2.24, 2.45) is 0 Å². The minimum absolute atomic E-state index is 0.122. The Balaban J connectivity index is 1.72. The Hall–Kier alpha value is -3.04. The number of anilines is 1. The number of carbonyl (C=O) groups is 1. The first-order valence-corrected chi connectivity index (χ1v) is 9.66. The molecule has 0 saturated carbocycles. The van der Waals surface area contributed by atoms with Gasteiger partial charge in [0, 0.05) is 37.7 Å². The third-order valence-corrected chi connectivity index (χ3v) is 5.25. The average molecular weight is 385 g/mol. The number of aryl methyl sites for hydroxylation is 1. The molecule has 0 bridgehead atoms. The van der Waals surface area contributed by atoms with Crippen LogP contribution in [0.2, 0.25) is 0 Å². The molecule has 3 aromatic rings. The summed E-state index contributed by atoms with van der Waals surface area (Å²) in [5.74, 6) is 1.24. The van der Waals surface area contributed by atoms with Gasteiger partial charge in [0.25, 0.3) is 0 Å². The van der Waals surface area contributed by atoms with Crippen LogP contribution in [0.5, 0.6) is 0 Å². The summed E-state index contributed by atoms with van der Waals surface area (Å²) in [4.78, 5) is 19.6. The lowest BCUT2D eigenvalue weighted by Crippen LogP contribution is -2.23. The Morgan fingerprint density at radius 2 is 1.85 bits per heavy atom. The molecule has 1 aromatic carbocycles. The first kappa shape index (κ1) is 18.7. The van der Waals surface area contributed by atoms with E-state index in [4.69, 9.17) is 0 Å². The summed E-state index contributed by atoms with van der Waals surface area (Å²) in [6, 6.07) is 9.53. The largest absolute Gasteiger partial charge is 0.326 e. The van der Waals surface area contributed by atoms with Crippen LogP contribution in [-0.4, -0.2) is 28.9 Å². The molecule has 0 spiro atoms. The minimum Gasteiger partial charge on any atom is -0.326 e. The van der Waals surface area contributed by atoms with Gasteiger partial charge in [-0.25, -0.2) is 23.1 Å². The molecular weight excluding hydrogens is 366 g/mol. The van der Waals surface area contributed by atoms with Crippen LogP contribution in [0.1, 0.15) is 18.3 Å². The lowest BCUT2D eigenvalue weighted by Gasteiger charge is -2.10. The number of carbonyl (C=O) groups excluding carboxylic acids is 1. The summed E-state index contributed by atoms with van der Waals surface area (Å²) in [5, 5.41) is 2.60. The van der Waals surface area contributed by atoms with E-state index in [0.717, 1.165) is 11.4 Å². The zero-order valence-corrected chi connectivity index (χ0v) is 15.7. The summed E-state index contributed by atoms with van der Waals surface area (Å²) in [6.07, 6.45) is 5.10. The Morgan fingerprint density at radius 1 is 1.11 bits per heavy atom. The van der Waals surface area contributed by atoms with Crippen molar-refractivity contribution in [2.75, 3.05) is 5.32 Å². The van der Waals surface area contributed by atoms with Crippen LogP contribution in [0.4, 0.5) is 5.69 Å². The highest BCUT2D eigenvalue weighted by molar-refractivity contribution is 7.89. The fraction of sp³-hybridized carbons (Fsp3) is 0.167. The SMILES string of the molecule is CC(=O)Nc1ccc(S(=O)(=O)NCc2ccnc(-n3ccnc3C)c2)cc1. The molecule has 8 nitrogen and oxygen atoms in total. The first-order valence-electron chi connectivity index (χ1n) is 8.18. The van der Waals surface area contributed by atoms with Crippen molar-refractivity contribution < 1.29 is 13.2 Å². The maximum atomic E-state index is 12.5. The number of rotatable bonds is 6. The number of nitrogens with one attached hydrogen (secondary N) is 2. The number of benzene rings is 1. The average Bonchev–Trinajstić information content (AvgIpc) is 3.06. The van der Waals surface area contributed by atoms with E-state index in [9.17, 15) is 13.2 Å². The number of aromatic nitrogens is 3. The van der Waals surface area contributed by atoms with Gasteiger partial charge in [-0.05, 0) is 48.9 Å². The summed E-state index contributed by atoms with van der Waals surface area (Å²) in [7, 11) is -3.68. The second kappa shape index (κ2) is 7.68. The molecule has 3 rings (SSSR count). The summed E-state index contributed by atoms with van der Waals surface area (Å²) >= 11 is 0. The van der Waals surface area contributed by atoms with Crippen molar-refractivity contribution in [3.8, 4) is 5.82 Å². The van der Waals surface area contributed by atoms with Gasteiger partial charge < -0.3 is 5.32 Å². The zero-order valence-electron chi connectivity index (χ0n) is 14.9. The zero-order chi connectivity index (χ0) is 19.4. The Bertz CT molecular complexity index is 1060. The van der Waals surface area contributed by atoms with Gasteiger partial charge in [0.05, 0.1) is 4.90 Å². The molecule has 2 N–H and O–H groups in total. The molecule has 0 aliphatic heterocycles. The smallest absolute Gasteiger partial charge is 0.240 e. The van der Waals surface area contributed by atoms with Crippen molar-refractivity contribution in [3.05, 3.63) is 66.4 Å². The monoisotopic (exact) mass is 385 g/mol. The molecular formula is C18H19N5O3S. The third kappa shape index (κ3) is 4.57. The van der Waals surface area contributed by atoms with Crippen molar-refractivity contribution >= 4 is 21.6 Å². The van der Waals surface area contributed by atoms with Crippen molar-refractivity contribution in [1.29, 1.82) is 0 Å². The van der Waals surface area contributed by atoms with Gasteiger partial charge >= 0.3 is 0 Å². The molecule has 0 aliphatic rings. The van der Waals surface area contributed by atoms with Gasteiger partial charge in [-0.1, -0.05) is 0 Å². The van der Waals surface area contributed by atoms with Crippen molar-refractivity contribution in [1.82, 2.24) is 19.3 Å². The second-order valence-electron chi connectivity index (χ2n) is 5.90. The van der Waals surface area contributed by atoms with E-state index < -0.39 is 10.0 Å². The number of imidazole rings is 1. The number of nitrogens with zero attached hydrogens (tertiary/aromatic N) is 3. The fourth-order valence-electron chi connectivity index (χ4n) is 2.50. The topological polar surface area (TPSA) is 106 Å². The van der Waals surface area contributed by atoms with E-state index in [1.165, 1.54) is 19.1 Å². The van der Waals surface area contributed by atoms with E-state index in [1.54, 1.807) is 42.9 Å². The van der Waals surface area contributed by atoms with Gasteiger partial charge in [-0.2, -0.15) is 0 Å². The van der Waals surface area contributed by atoms with Crippen molar-refractivity contribution in [2.45, 2.75) is 25.3 Å². The molecule has 2 heterocycles. The molecule has 2 aromatic heterocycles. The number of sulfonamides is 1. The van der Waals surface area contributed by atoms with E-state index >= 15 is 0 Å². The number of hydrogen-bond acceptors (Lipinski definition) is 5. The quantitative estimate of drug-likeness (QED) is 0.675. The van der Waals surface area contributed by atoms with Gasteiger partial charge in [0.15, 0.2) is 0 Å². The van der Waals surface area contributed by atoms with Crippen LogP contribution in [0, 0.1) is 6.92 Å². The fourth-order valence-corrected chi connectivity index (χ4v) is 3.52. The van der Waals surface area contributed by atoms with Crippen LogP contribution in [0.3, 0.4) is 0 Å². The van der Waals surface area contributed by atoms with Gasteiger partial charge in [-0.3, -0.25) is 9.36 Å². The second-order valence-corrected chi connectivity index (χ2v) is 7.66. The van der Waals surface area contributed by atoms with Gasteiger partial charge in [0.1, 0.15) is 11.6 Å². The predicted octanol–water partition coefficient (Wildman–Crippen LogP) is 2.01. The molecule has 0 saturated heterocycles. The molecule has 0 unspecified atom stereocenters. The molecule has 140 valence electrons. The number of pyridine rings is 1. The van der Waals surface area contributed by atoms with E-state index in [-0.39, 0.29) is 17.3 Å². The third-order valence-electron chi connectivity index (χ3n) is 3.83. The highest BCUT2D eigenvalue weighted by atomic mass is 32.2. The molecule has 0 aliphatic carbocycles. The van der Waals surface area contributed by atoms with Gasteiger partial charge in [0.2, 0.25) is 15.9 Å². The van der Waals surface area contributed by atoms with Crippen LogP contribution in [-0.2, 0) is 21.4 Å². The van der Waals surface area contributed by atoms with Crippen LogP contribution < -0.4 is 10.0 Å². The lowest BCUT2D eigenvalue weighted by molar-refractivity contribution is -0.114. The van der Waals surface area contributed by atoms with Crippen molar-refractivity contribution in [3.63, 3.8) is 0 Å². The van der Waals surface area contributed by atoms with E-state index in [0.29, 0.717) is 11.5 Å². The normalized spacial score (nSPS) is 11.3. The Morgan fingerprint density at radius 3 is 2.48 bits per heavy atom. The summed E-state index contributed by atoms with van der Waals surface area (Å²) in [5.41, 5.74) is 1.31. The molecule has 1 amide bonds. The molecule has 27 heavy (non-hydrogen) atoms. The lowest BCUT2D eigenvalue weighted by atomic mass is 10.2. The predicted molar refractivity (Wildman–Crippen MR) is 101 cm³/mol. The maximum Gasteiger partial charge on any atom is 0.240 e. The highest BCUT2D eigenvalue weighted by Gasteiger charge is 2.14. The van der Waals surface area contributed by atoms with E-state index in [1.807, 2.05) is 11.5 Å². The Kier molecular flexibility index (Phi) is 5.33. The van der Waals surface area contributed by atoms with Crippen LogP contribution >= 0.6 is 0 Å². The maximum absolute atomic E-state index is 12.5. The number of hydrogen-bond donors (Lipinski definition) is 2. The number of amides is 1. The summed E-state index contributed by atoms with van der Waals surface area (Å²) < 4.78 is 29.3. The van der Waals surface area contributed by atoms with Crippen LogP contribution in [0.25, 0.3) is 5.82 Å². The van der Waals surface area contributed by atoms with E-state index in [2.05, 4.69) is 20.0 Å². The molecule has 0 radical (unpaired) electrons. The molecule has 0 atom stereocenters. The Labute approximate surface area is 157 Å². The molecule has 0 fully saturated rings. The standard InChI is InChI=1S/C18H19N5O3S/c1-13-19-9-10-23(13)18-11-15(7-8-20-18)12-21-27(25,26)17-5-3-16(4-6-17)22-14(2)24/h3-11,21H,12H2,1-2H3,(H,22,24). The van der Waals surface area contributed by atoms with Crippen LogP contribution in [0.15, 0.2) is 59.9 Å². The minimum atomic E-state index is -3.68. The first-order chi connectivity index (χ1) is 12.8. The summed E-state index contributed by atoms with van der Waals surface area (Å²) in [6.45, 7) is 3.38. The highest BCUT2D eigenvalue weighted by Crippen LogP contribution is 2.15. The molecule has 9 heteroatoms.